The molecule has 2 aromatic heterocycles. The second-order valence-electron chi connectivity index (χ2n) is 4.91. The highest BCUT2D eigenvalue weighted by atomic mass is 35.5. The summed E-state index contributed by atoms with van der Waals surface area (Å²) in [7, 11) is 0. The van der Waals surface area contributed by atoms with Gasteiger partial charge in [-0.2, -0.15) is 13.9 Å². The number of hydrogen-bond donors (Lipinski definition) is 1. The maximum absolute atomic E-state index is 12.5. The molecular formula is C14H10Cl2F2N6O. The number of alkyl halides is 2. The molecule has 1 N–H and O–H groups in total. The molecule has 11 heteroatoms. The predicted molar refractivity (Wildman–Crippen MR) is 87.0 cm³/mol. The van der Waals surface area contributed by atoms with Crippen molar-refractivity contribution >= 4 is 35.1 Å². The van der Waals surface area contributed by atoms with Crippen molar-refractivity contribution in [3.63, 3.8) is 0 Å². The Morgan fingerprint density at radius 3 is 2.72 bits per heavy atom. The number of nitrogens with one attached hydrogen (secondary N) is 1. The van der Waals surface area contributed by atoms with Gasteiger partial charge in [-0.3, -0.25) is 10.1 Å². The van der Waals surface area contributed by atoms with E-state index in [1.54, 1.807) is 18.2 Å². The van der Waals surface area contributed by atoms with Crippen LogP contribution in [0.1, 0.15) is 22.6 Å². The van der Waals surface area contributed by atoms with Crippen LogP contribution in [0.2, 0.25) is 10.0 Å². The first kappa shape index (κ1) is 17.3. The third-order valence-corrected chi connectivity index (χ3v) is 3.74. The molecule has 2 heterocycles. The fourth-order valence-corrected chi connectivity index (χ4v) is 2.45. The maximum Gasteiger partial charge on any atom is 0.333 e. The van der Waals surface area contributed by atoms with Crippen LogP contribution in [0.15, 0.2) is 36.8 Å². The SMILES string of the molecule is O=C(Nc1ncn(Cc2ccc(Cl)cc2Cl)n1)c1ccn(C(F)F)n1. The highest BCUT2D eigenvalue weighted by molar-refractivity contribution is 6.35. The van der Waals surface area contributed by atoms with Gasteiger partial charge in [0.05, 0.1) is 6.54 Å². The number of nitrogens with zero attached hydrogens (tertiary/aromatic N) is 5. The van der Waals surface area contributed by atoms with Crippen LogP contribution in [0.3, 0.4) is 0 Å². The lowest BCUT2D eigenvalue weighted by atomic mass is 10.2. The third kappa shape index (κ3) is 4.12. The van der Waals surface area contributed by atoms with Gasteiger partial charge in [-0.1, -0.05) is 29.3 Å². The molecular weight excluding hydrogens is 377 g/mol. The number of benzene rings is 1. The van der Waals surface area contributed by atoms with Crippen molar-refractivity contribution in [2.45, 2.75) is 13.1 Å². The summed E-state index contributed by atoms with van der Waals surface area (Å²) >= 11 is 11.9. The van der Waals surface area contributed by atoms with E-state index in [-0.39, 0.29) is 11.6 Å². The van der Waals surface area contributed by atoms with Crippen LogP contribution in [0, 0.1) is 0 Å². The fraction of sp³-hybridized carbons (Fsp3) is 0.143. The Kier molecular flexibility index (Phi) is 4.95. The van der Waals surface area contributed by atoms with Gasteiger partial charge >= 0.3 is 6.55 Å². The van der Waals surface area contributed by atoms with E-state index in [2.05, 4.69) is 20.5 Å². The molecule has 0 aliphatic rings. The van der Waals surface area contributed by atoms with Crippen LogP contribution in [0.25, 0.3) is 0 Å². The van der Waals surface area contributed by atoms with Crippen molar-refractivity contribution in [1.29, 1.82) is 0 Å². The number of carbonyl (C=O) groups is 1. The van der Waals surface area contributed by atoms with Gasteiger partial charge in [0, 0.05) is 16.2 Å². The molecule has 1 amide bonds. The Hall–Kier alpha value is -2.52. The van der Waals surface area contributed by atoms with Gasteiger partial charge in [0.1, 0.15) is 6.33 Å². The van der Waals surface area contributed by atoms with Crippen LogP contribution < -0.4 is 5.32 Å². The molecule has 0 aliphatic carbocycles. The van der Waals surface area contributed by atoms with Crippen molar-refractivity contribution in [2.24, 2.45) is 0 Å². The van der Waals surface area contributed by atoms with Crippen molar-refractivity contribution in [1.82, 2.24) is 24.5 Å². The molecule has 0 fully saturated rings. The normalized spacial score (nSPS) is 11.1. The van der Waals surface area contributed by atoms with E-state index in [0.29, 0.717) is 21.3 Å². The van der Waals surface area contributed by atoms with E-state index in [9.17, 15) is 13.6 Å². The summed E-state index contributed by atoms with van der Waals surface area (Å²) < 4.78 is 26.8. The highest BCUT2D eigenvalue weighted by Crippen LogP contribution is 2.21. The Morgan fingerprint density at radius 1 is 1.24 bits per heavy atom. The van der Waals surface area contributed by atoms with Crippen molar-refractivity contribution in [2.75, 3.05) is 5.32 Å². The summed E-state index contributed by atoms with van der Waals surface area (Å²) in [6.07, 6.45) is 2.41. The van der Waals surface area contributed by atoms with Crippen LogP contribution in [-0.2, 0) is 6.54 Å². The quantitative estimate of drug-likeness (QED) is 0.727. The summed E-state index contributed by atoms with van der Waals surface area (Å²) in [5.74, 6) is -0.677. The minimum Gasteiger partial charge on any atom is -0.288 e. The molecule has 1 aromatic carbocycles. The monoisotopic (exact) mass is 386 g/mol. The van der Waals surface area contributed by atoms with Crippen molar-refractivity contribution < 1.29 is 13.6 Å². The molecule has 0 unspecified atom stereocenters. The molecule has 0 saturated carbocycles. The molecule has 7 nitrogen and oxygen atoms in total. The largest absolute Gasteiger partial charge is 0.333 e. The molecule has 3 rings (SSSR count). The van der Waals surface area contributed by atoms with Crippen LogP contribution >= 0.6 is 23.2 Å². The summed E-state index contributed by atoms with van der Waals surface area (Å²) in [5, 5.41) is 10.9. The minimum absolute atomic E-state index is 0.0154. The van der Waals surface area contributed by atoms with E-state index in [0.717, 1.165) is 11.8 Å². The number of hydrogen-bond acceptors (Lipinski definition) is 4. The van der Waals surface area contributed by atoms with Crippen LogP contribution in [0.4, 0.5) is 14.7 Å². The van der Waals surface area contributed by atoms with Crippen molar-refractivity contribution in [3.8, 4) is 0 Å². The number of aromatic nitrogens is 5. The predicted octanol–water partition coefficient (Wildman–Crippen LogP) is 3.48. The highest BCUT2D eigenvalue weighted by Gasteiger charge is 2.15. The summed E-state index contributed by atoms with van der Waals surface area (Å²) in [6, 6.07) is 6.23. The smallest absolute Gasteiger partial charge is 0.288 e. The molecule has 130 valence electrons. The van der Waals surface area contributed by atoms with E-state index in [1.165, 1.54) is 17.1 Å². The second-order valence-corrected chi connectivity index (χ2v) is 5.76. The molecule has 0 radical (unpaired) electrons. The van der Waals surface area contributed by atoms with Crippen molar-refractivity contribution in [3.05, 3.63) is 58.1 Å². The van der Waals surface area contributed by atoms with Gasteiger partial charge in [0.2, 0.25) is 5.95 Å². The summed E-state index contributed by atoms with van der Waals surface area (Å²) in [4.78, 5) is 15.9. The van der Waals surface area contributed by atoms with Gasteiger partial charge in [-0.15, -0.1) is 5.10 Å². The Balaban J connectivity index is 1.67. The van der Waals surface area contributed by atoms with Crippen LogP contribution in [-0.4, -0.2) is 30.5 Å². The lowest BCUT2D eigenvalue weighted by Crippen LogP contribution is -2.15. The first-order valence-electron chi connectivity index (χ1n) is 6.90. The second kappa shape index (κ2) is 7.16. The van der Waals surface area contributed by atoms with Gasteiger partial charge in [-0.25, -0.2) is 14.3 Å². The lowest BCUT2D eigenvalue weighted by Gasteiger charge is -2.04. The van der Waals surface area contributed by atoms with E-state index in [1.807, 2.05) is 0 Å². The average molecular weight is 387 g/mol. The molecule has 0 aliphatic heterocycles. The standard InChI is InChI=1S/C14H10Cl2F2N6O/c15-9-2-1-8(10(16)5-9)6-23-7-19-14(22-23)20-12(25)11-3-4-24(21-11)13(17)18/h1-5,7,13H,6H2,(H,20,22,25). The fourth-order valence-electron chi connectivity index (χ4n) is 1.99. The summed E-state index contributed by atoms with van der Waals surface area (Å²) in [6.45, 7) is -2.50. The molecule has 0 bridgehead atoms. The van der Waals surface area contributed by atoms with E-state index in [4.69, 9.17) is 23.2 Å². The number of amides is 1. The molecule has 0 atom stereocenters. The number of anilines is 1. The first-order chi connectivity index (χ1) is 11.9. The van der Waals surface area contributed by atoms with Gasteiger partial charge < -0.3 is 0 Å². The number of rotatable bonds is 5. The zero-order valence-corrected chi connectivity index (χ0v) is 13.9. The zero-order chi connectivity index (χ0) is 18.0. The molecule has 3 aromatic rings. The Bertz CT molecular complexity index is 910. The third-order valence-electron chi connectivity index (χ3n) is 3.15. The number of halogens is 4. The molecule has 25 heavy (non-hydrogen) atoms. The summed E-state index contributed by atoms with van der Waals surface area (Å²) in [5.41, 5.74) is 0.599. The topological polar surface area (TPSA) is 77.6 Å². The maximum atomic E-state index is 12.5. The Morgan fingerprint density at radius 2 is 2.04 bits per heavy atom. The minimum atomic E-state index is -2.82. The average Bonchev–Trinajstić information content (AvgIpc) is 3.19. The Labute approximate surface area is 150 Å². The lowest BCUT2D eigenvalue weighted by molar-refractivity contribution is 0.0561. The van der Waals surface area contributed by atoms with Gasteiger partial charge in [-0.05, 0) is 23.8 Å². The first-order valence-corrected chi connectivity index (χ1v) is 7.66. The van der Waals surface area contributed by atoms with E-state index < -0.39 is 12.5 Å². The number of carbonyl (C=O) groups excluding carboxylic acids is 1. The van der Waals surface area contributed by atoms with E-state index >= 15 is 0 Å². The van der Waals surface area contributed by atoms with Gasteiger partial charge in [0.15, 0.2) is 5.69 Å². The van der Waals surface area contributed by atoms with Gasteiger partial charge in [0.25, 0.3) is 5.91 Å². The van der Waals surface area contributed by atoms with Crippen LogP contribution in [0.5, 0.6) is 0 Å². The zero-order valence-electron chi connectivity index (χ0n) is 12.4. The molecule has 0 spiro atoms. The molecule has 0 saturated heterocycles.